The molecule has 0 aromatic heterocycles. The van der Waals surface area contributed by atoms with Gasteiger partial charge in [-0.1, -0.05) is 127 Å². The number of ether oxygens (including phenoxy) is 3. The van der Waals surface area contributed by atoms with Crippen LogP contribution in [0.2, 0.25) is 0 Å². The largest absolute Gasteiger partial charge is 0.544 e. The number of aliphatic carboxylic acids is 1. The third-order valence-electron chi connectivity index (χ3n) is 9.50. The second kappa shape index (κ2) is 36.5. The Morgan fingerprint density at radius 1 is 0.566 bits per heavy atom. The zero-order chi connectivity index (χ0) is 39.3. The van der Waals surface area contributed by atoms with Gasteiger partial charge < -0.3 is 28.6 Å². The number of esters is 2. The molecular formula is C45H81NO7. The van der Waals surface area contributed by atoms with Crippen LogP contribution in [0.5, 0.6) is 0 Å². The quantitative estimate of drug-likeness (QED) is 0.0268. The van der Waals surface area contributed by atoms with Gasteiger partial charge in [-0.3, -0.25) is 9.59 Å². The normalized spacial score (nSPS) is 13.3. The molecule has 0 aliphatic carbocycles. The molecule has 0 N–H and O–H groups in total. The van der Waals surface area contributed by atoms with Crippen molar-refractivity contribution in [3.63, 3.8) is 0 Å². The number of hydrogen-bond donors (Lipinski definition) is 0. The Bertz CT molecular complexity index is 968. The summed E-state index contributed by atoms with van der Waals surface area (Å²) in [4.78, 5) is 36.8. The molecule has 0 fully saturated rings. The summed E-state index contributed by atoms with van der Waals surface area (Å²) in [7, 11) is 5.40. The summed E-state index contributed by atoms with van der Waals surface area (Å²) in [5.41, 5.74) is 0. The van der Waals surface area contributed by atoms with Crippen LogP contribution in [0, 0.1) is 0 Å². The Kier molecular flexibility index (Phi) is 34.8. The van der Waals surface area contributed by atoms with Crippen LogP contribution in [0.1, 0.15) is 181 Å². The van der Waals surface area contributed by atoms with E-state index in [4.69, 9.17) is 14.2 Å². The van der Waals surface area contributed by atoms with Gasteiger partial charge in [0.2, 0.25) is 0 Å². The molecule has 0 aliphatic heterocycles. The Labute approximate surface area is 325 Å². The molecule has 0 bridgehead atoms. The topological polar surface area (TPSA) is 102 Å². The van der Waals surface area contributed by atoms with E-state index in [1.54, 1.807) is 21.1 Å². The number of allylic oxidation sites excluding steroid dienone is 6. The number of carboxylic acids is 1. The van der Waals surface area contributed by atoms with E-state index in [9.17, 15) is 19.5 Å². The number of carboxylic acid groups (broad SMARTS) is 1. The molecule has 0 rings (SSSR count). The van der Waals surface area contributed by atoms with Gasteiger partial charge >= 0.3 is 11.9 Å². The van der Waals surface area contributed by atoms with Crippen LogP contribution < -0.4 is 5.11 Å². The average Bonchev–Trinajstić information content (AvgIpc) is 3.11. The minimum absolute atomic E-state index is 0.0356. The van der Waals surface area contributed by atoms with Gasteiger partial charge in [-0.05, 0) is 70.6 Å². The van der Waals surface area contributed by atoms with Gasteiger partial charge in [0.15, 0.2) is 6.10 Å². The summed E-state index contributed by atoms with van der Waals surface area (Å²) in [6, 6.07) is -0.727. The molecule has 0 heterocycles. The molecule has 2 atom stereocenters. The number of quaternary nitrogens is 1. The Balaban J connectivity index is 4.35. The van der Waals surface area contributed by atoms with Crippen LogP contribution in [-0.4, -0.2) is 75.5 Å². The Morgan fingerprint density at radius 2 is 1.00 bits per heavy atom. The Hall–Kier alpha value is -2.45. The number of nitrogens with zero attached hydrogens (tertiary/aromatic N) is 1. The average molecular weight is 748 g/mol. The number of carbonyl (C=O) groups is 3. The van der Waals surface area contributed by atoms with Crippen molar-refractivity contribution in [1.29, 1.82) is 0 Å². The lowest BCUT2D eigenvalue weighted by atomic mass is 10.1. The molecule has 0 saturated heterocycles. The molecule has 308 valence electrons. The fourth-order valence-corrected chi connectivity index (χ4v) is 6.09. The fourth-order valence-electron chi connectivity index (χ4n) is 6.09. The highest BCUT2D eigenvalue weighted by atomic mass is 16.6. The van der Waals surface area contributed by atoms with Gasteiger partial charge in [0.05, 0.1) is 40.3 Å². The van der Waals surface area contributed by atoms with Crippen LogP contribution in [0.15, 0.2) is 36.5 Å². The van der Waals surface area contributed by atoms with Crippen LogP contribution >= 0.6 is 0 Å². The lowest BCUT2D eigenvalue weighted by molar-refractivity contribution is -0.889. The van der Waals surface area contributed by atoms with Gasteiger partial charge in [0.1, 0.15) is 12.6 Å². The number of carbonyl (C=O) groups excluding carboxylic acids is 3. The van der Waals surface area contributed by atoms with Crippen LogP contribution in [0.3, 0.4) is 0 Å². The first-order chi connectivity index (χ1) is 25.6. The van der Waals surface area contributed by atoms with E-state index in [2.05, 4.69) is 50.3 Å². The van der Waals surface area contributed by atoms with Crippen molar-refractivity contribution in [2.45, 2.75) is 193 Å². The highest BCUT2D eigenvalue weighted by molar-refractivity contribution is 5.70. The molecule has 0 aromatic carbocycles. The number of likely N-dealkylation sites (N-methyl/N-ethyl adjacent to an activating group) is 1. The molecule has 8 nitrogen and oxygen atoms in total. The Morgan fingerprint density at radius 3 is 1.47 bits per heavy atom. The molecule has 2 unspecified atom stereocenters. The zero-order valence-corrected chi connectivity index (χ0v) is 34.9. The molecule has 0 spiro atoms. The van der Waals surface area contributed by atoms with E-state index in [0.717, 1.165) is 64.2 Å². The molecule has 8 heteroatoms. The summed E-state index contributed by atoms with van der Waals surface area (Å²) in [5.74, 6) is -1.76. The first-order valence-electron chi connectivity index (χ1n) is 21.5. The van der Waals surface area contributed by atoms with E-state index < -0.39 is 18.1 Å². The summed E-state index contributed by atoms with van der Waals surface area (Å²) in [6.07, 6.45) is 40.2. The summed E-state index contributed by atoms with van der Waals surface area (Å²) in [5, 5.41) is 11.6. The minimum atomic E-state index is -1.13. The molecule has 0 radical (unpaired) electrons. The van der Waals surface area contributed by atoms with E-state index in [0.29, 0.717) is 12.8 Å². The van der Waals surface area contributed by atoms with Gasteiger partial charge in [0, 0.05) is 19.3 Å². The minimum Gasteiger partial charge on any atom is -0.544 e. The van der Waals surface area contributed by atoms with E-state index in [-0.39, 0.29) is 42.7 Å². The zero-order valence-electron chi connectivity index (χ0n) is 34.9. The predicted octanol–water partition coefficient (Wildman–Crippen LogP) is 10.1. The predicted molar refractivity (Wildman–Crippen MR) is 217 cm³/mol. The van der Waals surface area contributed by atoms with Crippen molar-refractivity contribution in [1.82, 2.24) is 0 Å². The molecule has 0 aromatic rings. The lowest BCUT2D eigenvalue weighted by Gasteiger charge is -2.34. The number of hydrogen-bond acceptors (Lipinski definition) is 7. The van der Waals surface area contributed by atoms with Crippen molar-refractivity contribution in [2.75, 3.05) is 41.0 Å². The molecule has 53 heavy (non-hydrogen) atoms. The van der Waals surface area contributed by atoms with Crippen LogP contribution in [0.4, 0.5) is 0 Å². The van der Waals surface area contributed by atoms with Gasteiger partial charge in [-0.15, -0.1) is 0 Å². The maximum Gasteiger partial charge on any atom is 0.306 e. The van der Waals surface area contributed by atoms with Crippen LogP contribution in [-0.2, 0) is 28.6 Å². The van der Waals surface area contributed by atoms with Gasteiger partial charge in [-0.2, -0.15) is 0 Å². The summed E-state index contributed by atoms with van der Waals surface area (Å²) in [6.45, 7) is 4.59. The second-order valence-electron chi connectivity index (χ2n) is 15.6. The highest BCUT2D eigenvalue weighted by Gasteiger charge is 2.25. The van der Waals surface area contributed by atoms with Gasteiger partial charge in [-0.25, -0.2) is 0 Å². The standard InChI is InChI=1S/C45H81NO7/c1-6-8-10-12-14-16-18-20-21-22-23-24-26-27-29-31-33-35-43(47)52-40-41(39-51-38-37-42(45(49)50)46(3,4)5)53-44(48)36-34-32-30-28-25-19-17-15-13-11-9-7-2/h14-17,20-21,41-42H,6-13,18-19,22-40H2,1-5H3/b16-14+,17-15+,21-20+. The fraction of sp³-hybridized carbons (Fsp3) is 0.800. The third kappa shape index (κ3) is 35.0. The maximum absolute atomic E-state index is 12.7. The second-order valence-corrected chi connectivity index (χ2v) is 15.6. The summed E-state index contributed by atoms with van der Waals surface area (Å²) < 4.78 is 17.1. The van der Waals surface area contributed by atoms with Crippen molar-refractivity contribution in [3.05, 3.63) is 36.5 Å². The molecule has 0 aliphatic rings. The number of unbranched alkanes of at least 4 members (excludes halogenated alkanes) is 18. The highest BCUT2D eigenvalue weighted by Crippen LogP contribution is 2.13. The van der Waals surface area contributed by atoms with Crippen molar-refractivity contribution in [2.24, 2.45) is 0 Å². The van der Waals surface area contributed by atoms with Crippen molar-refractivity contribution < 1.29 is 38.2 Å². The molecule has 0 amide bonds. The summed E-state index contributed by atoms with van der Waals surface area (Å²) >= 11 is 0. The van der Waals surface area contributed by atoms with Crippen molar-refractivity contribution >= 4 is 17.9 Å². The SMILES string of the molecule is CCCCC/C=C/C/C=C/CCCCCCCCCC(=O)OCC(COCCC(C(=O)[O-])[N+](C)(C)C)OC(=O)CCCCCCC/C=C/CCCCC. The van der Waals surface area contributed by atoms with Crippen LogP contribution in [0.25, 0.3) is 0 Å². The van der Waals surface area contributed by atoms with E-state index in [1.807, 2.05) is 0 Å². The maximum atomic E-state index is 12.7. The first kappa shape index (κ1) is 50.5. The molecule has 0 saturated carbocycles. The first-order valence-corrected chi connectivity index (χ1v) is 21.5. The smallest absolute Gasteiger partial charge is 0.306 e. The van der Waals surface area contributed by atoms with E-state index in [1.165, 1.54) is 83.5 Å². The van der Waals surface area contributed by atoms with Gasteiger partial charge in [0.25, 0.3) is 0 Å². The monoisotopic (exact) mass is 748 g/mol. The van der Waals surface area contributed by atoms with E-state index >= 15 is 0 Å². The van der Waals surface area contributed by atoms with Crippen molar-refractivity contribution in [3.8, 4) is 0 Å². The molecular weight excluding hydrogens is 666 g/mol. The number of rotatable bonds is 38. The third-order valence-corrected chi connectivity index (χ3v) is 9.50. The lowest BCUT2D eigenvalue weighted by Crippen LogP contribution is -2.55.